The summed E-state index contributed by atoms with van der Waals surface area (Å²) in [5.41, 5.74) is 1.53. The van der Waals surface area contributed by atoms with Gasteiger partial charge in [-0.3, -0.25) is 4.79 Å². The van der Waals surface area contributed by atoms with Crippen molar-refractivity contribution in [3.63, 3.8) is 0 Å². The van der Waals surface area contributed by atoms with Gasteiger partial charge in [0, 0.05) is 49.1 Å². The second-order valence-corrected chi connectivity index (χ2v) is 7.26. The fraction of sp³-hybridized carbons (Fsp3) is 0.526. The van der Waals surface area contributed by atoms with Crippen LogP contribution in [0.15, 0.2) is 18.2 Å². The van der Waals surface area contributed by atoms with Crippen LogP contribution in [0.2, 0.25) is 0 Å². The van der Waals surface area contributed by atoms with Crippen molar-refractivity contribution in [3.05, 3.63) is 29.5 Å². The first-order valence-corrected chi connectivity index (χ1v) is 8.94. The van der Waals surface area contributed by atoms with Gasteiger partial charge in [-0.2, -0.15) is 5.10 Å². The molecule has 0 atom stereocenters. The number of hydrogen-bond acceptors (Lipinski definition) is 5. The molecule has 0 radical (unpaired) electrons. The molecule has 0 saturated carbocycles. The summed E-state index contributed by atoms with van der Waals surface area (Å²) in [7, 11) is 2.14. The van der Waals surface area contributed by atoms with Gasteiger partial charge in [-0.25, -0.2) is 0 Å². The number of carbonyl (C=O) groups is 1. The zero-order chi connectivity index (χ0) is 18.0. The number of amides is 1. The third-order valence-corrected chi connectivity index (χ3v) is 4.68. The van der Waals surface area contributed by atoms with Crippen LogP contribution in [-0.2, 0) is 0 Å². The fourth-order valence-corrected chi connectivity index (χ4v) is 3.06. The first-order chi connectivity index (χ1) is 12.0. The normalized spacial score (nSPS) is 15.8. The van der Waals surface area contributed by atoms with Crippen LogP contribution >= 0.6 is 0 Å². The number of rotatable bonds is 4. The van der Waals surface area contributed by atoms with Crippen LogP contribution in [-0.4, -0.2) is 60.8 Å². The van der Waals surface area contributed by atoms with Gasteiger partial charge in [0.25, 0.3) is 5.91 Å². The van der Waals surface area contributed by atoms with Gasteiger partial charge in [0.05, 0.1) is 5.69 Å². The first kappa shape index (κ1) is 17.6. The molecular weight excluding hydrogens is 314 g/mol. The molecule has 134 valence electrons. The van der Waals surface area contributed by atoms with Crippen molar-refractivity contribution in [1.82, 2.24) is 20.4 Å². The molecule has 1 N–H and O–H groups in total. The Morgan fingerprint density at radius 1 is 1.16 bits per heavy atom. The van der Waals surface area contributed by atoms with Gasteiger partial charge in [-0.15, -0.1) is 5.10 Å². The predicted molar refractivity (Wildman–Crippen MR) is 101 cm³/mol. The third kappa shape index (κ3) is 3.90. The fourth-order valence-electron chi connectivity index (χ4n) is 3.06. The maximum absolute atomic E-state index is 12.4. The number of carbonyl (C=O) groups excluding carboxylic acids is 1. The summed E-state index contributed by atoms with van der Waals surface area (Å²) in [5, 5.41) is 13.8. The Morgan fingerprint density at radius 3 is 2.56 bits per heavy atom. The van der Waals surface area contributed by atoms with Crippen LogP contribution in [0.4, 0.5) is 5.82 Å². The minimum Gasteiger partial charge on any atom is -0.352 e. The lowest BCUT2D eigenvalue weighted by molar-refractivity contribution is 0.0949. The van der Waals surface area contributed by atoms with E-state index in [4.69, 9.17) is 0 Å². The van der Waals surface area contributed by atoms with Gasteiger partial charge in [0.1, 0.15) is 0 Å². The van der Waals surface area contributed by atoms with E-state index in [2.05, 4.69) is 46.2 Å². The minimum atomic E-state index is -0.0343. The second kappa shape index (κ2) is 7.35. The number of fused-ring (bicyclic) bond motifs is 1. The SMILES string of the molecule is Cc1nnc(N2CCN(C)CC2)c2ccc(C(=O)NCC(C)C)cc12. The zero-order valence-corrected chi connectivity index (χ0v) is 15.5. The number of aryl methyl sites for hydroxylation is 1. The highest BCUT2D eigenvalue weighted by Gasteiger charge is 2.19. The first-order valence-electron chi connectivity index (χ1n) is 8.94. The second-order valence-electron chi connectivity index (χ2n) is 7.26. The molecule has 6 heteroatoms. The van der Waals surface area contributed by atoms with Gasteiger partial charge in [-0.05, 0) is 38.1 Å². The van der Waals surface area contributed by atoms with E-state index >= 15 is 0 Å². The highest BCUT2D eigenvalue weighted by molar-refractivity contribution is 6.01. The Balaban J connectivity index is 1.92. The van der Waals surface area contributed by atoms with Crippen molar-refractivity contribution >= 4 is 22.5 Å². The molecule has 1 aliphatic heterocycles. The number of benzene rings is 1. The van der Waals surface area contributed by atoms with E-state index in [1.165, 1.54) is 0 Å². The highest BCUT2D eigenvalue weighted by atomic mass is 16.1. The van der Waals surface area contributed by atoms with E-state index in [9.17, 15) is 4.79 Å². The largest absolute Gasteiger partial charge is 0.352 e. The van der Waals surface area contributed by atoms with Crippen LogP contribution in [0.25, 0.3) is 10.8 Å². The molecule has 0 bridgehead atoms. The van der Waals surface area contributed by atoms with E-state index < -0.39 is 0 Å². The van der Waals surface area contributed by atoms with Crippen molar-refractivity contribution in [2.24, 2.45) is 5.92 Å². The molecule has 1 aromatic carbocycles. The standard InChI is InChI=1S/C19H27N5O/c1-13(2)12-20-19(25)15-5-6-16-17(11-15)14(3)21-22-18(16)24-9-7-23(4)8-10-24/h5-6,11,13H,7-10,12H2,1-4H3,(H,20,25). The average molecular weight is 341 g/mol. The Morgan fingerprint density at radius 2 is 1.88 bits per heavy atom. The maximum atomic E-state index is 12.4. The Bertz CT molecular complexity index is 766. The van der Waals surface area contributed by atoms with Crippen LogP contribution < -0.4 is 10.2 Å². The number of aromatic nitrogens is 2. The summed E-state index contributed by atoms with van der Waals surface area (Å²) in [6.45, 7) is 10.7. The maximum Gasteiger partial charge on any atom is 0.251 e. The Hall–Kier alpha value is -2.21. The summed E-state index contributed by atoms with van der Waals surface area (Å²) >= 11 is 0. The molecular formula is C19H27N5O. The molecule has 2 heterocycles. The topological polar surface area (TPSA) is 61.4 Å². The number of likely N-dealkylation sites (N-methyl/N-ethyl adjacent to an activating group) is 1. The van der Waals surface area contributed by atoms with E-state index in [-0.39, 0.29) is 5.91 Å². The summed E-state index contributed by atoms with van der Waals surface area (Å²) in [6.07, 6.45) is 0. The summed E-state index contributed by atoms with van der Waals surface area (Å²) in [5.74, 6) is 1.32. The number of nitrogens with zero attached hydrogens (tertiary/aromatic N) is 4. The van der Waals surface area contributed by atoms with E-state index in [0.29, 0.717) is 18.0 Å². The lowest BCUT2D eigenvalue weighted by atomic mass is 10.1. The van der Waals surface area contributed by atoms with E-state index in [1.807, 2.05) is 25.1 Å². The molecule has 0 spiro atoms. The number of piperazine rings is 1. The monoisotopic (exact) mass is 341 g/mol. The molecule has 6 nitrogen and oxygen atoms in total. The molecule has 0 unspecified atom stereocenters. The molecule has 3 rings (SSSR count). The molecule has 0 aliphatic carbocycles. The summed E-state index contributed by atoms with van der Waals surface area (Å²) < 4.78 is 0. The van der Waals surface area contributed by atoms with E-state index in [1.54, 1.807) is 0 Å². The molecule has 25 heavy (non-hydrogen) atoms. The van der Waals surface area contributed by atoms with Crippen molar-refractivity contribution in [1.29, 1.82) is 0 Å². The lowest BCUT2D eigenvalue weighted by Crippen LogP contribution is -2.45. The Labute approximate surface area is 149 Å². The average Bonchev–Trinajstić information content (AvgIpc) is 2.61. The third-order valence-electron chi connectivity index (χ3n) is 4.68. The van der Waals surface area contributed by atoms with Crippen molar-refractivity contribution in [3.8, 4) is 0 Å². The minimum absolute atomic E-state index is 0.0343. The van der Waals surface area contributed by atoms with Gasteiger partial charge in [-0.1, -0.05) is 13.8 Å². The molecule has 1 saturated heterocycles. The van der Waals surface area contributed by atoms with Crippen LogP contribution in [0.3, 0.4) is 0 Å². The molecule has 1 aromatic heterocycles. The van der Waals surface area contributed by atoms with Gasteiger partial charge in [0.2, 0.25) is 0 Å². The Kier molecular flexibility index (Phi) is 5.18. The summed E-state index contributed by atoms with van der Waals surface area (Å²) in [4.78, 5) is 17.0. The molecule has 1 fully saturated rings. The number of anilines is 1. The number of hydrogen-bond donors (Lipinski definition) is 1. The quantitative estimate of drug-likeness (QED) is 0.922. The van der Waals surface area contributed by atoms with E-state index in [0.717, 1.165) is 48.5 Å². The van der Waals surface area contributed by atoms with Gasteiger partial charge in [0.15, 0.2) is 5.82 Å². The van der Waals surface area contributed by atoms with Crippen LogP contribution in [0, 0.1) is 12.8 Å². The van der Waals surface area contributed by atoms with Crippen molar-refractivity contribution in [2.75, 3.05) is 44.7 Å². The predicted octanol–water partition coefficient (Wildman–Crippen LogP) is 2.08. The smallest absolute Gasteiger partial charge is 0.251 e. The molecule has 1 aliphatic rings. The molecule has 2 aromatic rings. The molecule has 1 amide bonds. The van der Waals surface area contributed by atoms with Crippen molar-refractivity contribution in [2.45, 2.75) is 20.8 Å². The number of nitrogens with one attached hydrogen (secondary N) is 1. The zero-order valence-electron chi connectivity index (χ0n) is 15.5. The summed E-state index contributed by atoms with van der Waals surface area (Å²) in [6, 6.07) is 5.84. The van der Waals surface area contributed by atoms with Gasteiger partial charge < -0.3 is 15.1 Å². The van der Waals surface area contributed by atoms with Gasteiger partial charge >= 0.3 is 0 Å². The lowest BCUT2D eigenvalue weighted by Gasteiger charge is -2.33. The van der Waals surface area contributed by atoms with Crippen LogP contribution in [0.5, 0.6) is 0 Å². The van der Waals surface area contributed by atoms with Crippen LogP contribution in [0.1, 0.15) is 29.9 Å². The highest BCUT2D eigenvalue weighted by Crippen LogP contribution is 2.27. The van der Waals surface area contributed by atoms with Crippen molar-refractivity contribution < 1.29 is 4.79 Å².